The third kappa shape index (κ3) is 4.90. The second kappa shape index (κ2) is 8.70. The van der Waals surface area contributed by atoms with Crippen molar-refractivity contribution in [2.24, 2.45) is 11.1 Å². The third-order valence-electron chi connectivity index (χ3n) is 5.09. The van der Waals surface area contributed by atoms with Crippen LogP contribution in [0.25, 0.3) is 22.6 Å². The van der Waals surface area contributed by atoms with Crippen molar-refractivity contribution in [3.8, 4) is 17.1 Å². The van der Waals surface area contributed by atoms with Crippen LogP contribution in [-0.4, -0.2) is 59.1 Å². The predicted octanol–water partition coefficient (Wildman–Crippen LogP) is 1.10. The molecular weight excluding hydrogens is 431 g/mol. The first-order chi connectivity index (χ1) is 14.8. The topological polar surface area (TPSA) is 165 Å². The van der Waals surface area contributed by atoms with Crippen LogP contribution in [0, 0.1) is 5.92 Å². The summed E-state index contributed by atoms with van der Waals surface area (Å²) in [5.41, 5.74) is 1.50. The number of ether oxygens (including phenoxy) is 1. The van der Waals surface area contributed by atoms with Gasteiger partial charge in [-0.05, 0) is 25.0 Å². The van der Waals surface area contributed by atoms with Crippen LogP contribution in [0.15, 0.2) is 30.6 Å². The molecule has 0 bridgehead atoms. The average Bonchev–Trinajstić information content (AvgIpc) is 3.30. The molecule has 3 atom stereocenters. The second-order valence-corrected chi connectivity index (χ2v) is 8.39. The molecule has 1 aliphatic rings. The lowest BCUT2D eigenvalue weighted by molar-refractivity contribution is 0.101. The Morgan fingerprint density at radius 2 is 2.10 bits per heavy atom. The number of nitrogens with two attached hydrogens (primary N) is 1. The molecule has 13 heteroatoms. The van der Waals surface area contributed by atoms with Crippen LogP contribution < -0.4 is 15.2 Å². The number of aliphatic hydroxyl groups is 1. The predicted molar refractivity (Wildman–Crippen MR) is 109 cm³/mol. The van der Waals surface area contributed by atoms with Crippen molar-refractivity contribution in [1.29, 1.82) is 0 Å². The number of hydrogen-bond acceptors (Lipinski definition) is 9. The molecule has 0 saturated heterocycles. The van der Waals surface area contributed by atoms with E-state index in [0.29, 0.717) is 47.0 Å². The third-order valence-corrected chi connectivity index (χ3v) is 5.55. The van der Waals surface area contributed by atoms with Crippen LogP contribution in [0.4, 0.5) is 10.2 Å². The molecule has 2 heterocycles. The maximum absolute atomic E-state index is 12.7. The SMILES string of the molecule is NS(=O)(=O)OC[C@@H]1C[C@@H](Nc2ncnc3nc(-c4ccccc4OCF)[nH]c23)C[C@@H]1O. The van der Waals surface area contributed by atoms with E-state index in [0.717, 1.165) is 0 Å². The number of halogens is 1. The Kier molecular flexibility index (Phi) is 6.00. The number of alkyl halides is 1. The van der Waals surface area contributed by atoms with E-state index in [1.54, 1.807) is 24.3 Å². The number of aromatic nitrogens is 4. The number of benzene rings is 1. The number of imidazole rings is 1. The van der Waals surface area contributed by atoms with E-state index in [-0.39, 0.29) is 12.6 Å². The summed E-state index contributed by atoms with van der Waals surface area (Å²) in [6, 6.07) is 6.70. The van der Waals surface area contributed by atoms with Crippen molar-refractivity contribution in [3.63, 3.8) is 0 Å². The molecule has 1 saturated carbocycles. The van der Waals surface area contributed by atoms with E-state index in [9.17, 15) is 17.9 Å². The summed E-state index contributed by atoms with van der Waals surface area (Å²) in [5, 5.41) is 18.3. The van der Waals surface area contributed by atoms with Crippen molar-refractivity contribution in [3.05, 3.63) is 30.6 Å². The molecule has 31 heavy (non-hydrogen) atoms. The highest BCUT2D eigenvalue weighted by atomic mass is 32.2. The monoisotopic (exact) mass is 452 g/mol. The van der Waals surface area contributed by atoms with Crippen LogP contribution in [0.5, 0.6) is 5.75 Å². The number of para-hydroxylation sites is 1. The minimum absolute atomic E-state index is 0.184. The molecule has 1 aliphatic carbocycles. The molecule has 0 aliphatic heterocycles. The number of nitrogens with one attached hydrogen (secondary N) is 2. The van der Waals surface area contributed by atoms with Crippen molar-refractivity contribution in [2.45, 2.75) is 25.0 Å². The highest BCUT2D eigenvalue weighted by Gasteiger charge is 2.34. The first-order valence-corrected chi connectivity index (χ1v) is 10.9. The van der Waals surface area contributed by atoms with Gasteiger partial charge in [-0.1, -0.05) is 12.1 Å². The number of rotatable bonds is 8. The van der Waals surface area contributed by atoms with Crippen LogP contribution in [0.1, 0.15) is 12.8 Å². The number of nitrogens with zero attached hydrogens (tertiary/aromatic N) is 3. The zero-order valence-electron chi connectivity index (χ0n) is 16.2. The fourth-order valence-corrected chi connectivity index (χ4v) is 4.05. The van der Waals surface area contributed by atoms with Crippen molar-refractivity contribution >= 4 is 27.3 Å². The van der Waals surface area contributed by atoms with E-state index in [1.807, 2.05) is 0 Å². The zero-order chi connectivity index (χ0) is 22.0. The van der Waals surface area contributed by atoms with Gasteiger partial charge in [-0.3, -0.25) is 4.18 Å². The van der Waals surface area contributed by atoms with Crippen LogP contribution in [0.2, 0.25) is 0 Å². The standard InChI is InChI=1S/C18H21FN6O5S/c19-8-29-14-4-2-1-3-12(14)16-24-15-17(21-9-22-18(15)25-16)23-11-5-10(13(26)6-11)7-30-31(20,27)28/h1-4,9-11,13,26H,5-8H2,(H2,20,27,28)(H2,21,22,23,24,25)/t10-,11+,13-/m0/s1. The molecule has 0 unspecified atom stereocenters. The molecule has 1 aromatic carbocycles. The molecule has 5 N–H and O–H groups in total. The molecule has 0 spiro atoms. The van der Waals surface area contributed by atoms with Gasteiger partial charge < -0.3 is 20.1 Å². The summed E-state index contributed by atoms with van der Waals surface area (Å²) in [4.78, 5) is 16.0. The van der Waals surface area contributed by atoms with E-state index in [2.05, 4.69) is 29.4 Å². The maximum atomic E-state index is 12.7. The number of H-pyrrole nitrogens is 1. The Bertz CT molecular complexity index is 1170. The number of hydrogen-bond donors (Lipinski definition) is 4. The van der Waals surface area contributed by atoms with Gasteiger partial charge in [0.1, 0.15) is 23.4 Å². The molecule has 1 fully saturated rings. The Balaban J connectivity index is 1.55. The highest BCUT2D eigenvalue weighted by Crippen LogP contribution is 2.32. The molecule has 0 radical (unpaired) electrons. The Morgan fingerprint density at radius 1 is 1.29 bits per heavy atom. The van der Waals surface area contributed by atoms with Crippen LogP contribution in [-0.2, 0) is 14.5 Å². The minimum atomic E-state index is -4.07. The zero-order valence-corrected chi connectivity index (χ0v) is 17.0. The van der Waals surface area contributed by atoms with Crippen LogP contribution in [0.3, 0.4) is 0 Å². The molecule has 3 aromatic rings. The van der Waals surface area contributed by atoms with Gasteiger partial charge in [0.25, 0.3) is 0 Å². The number of anilines is 1. The van der Waals surface area contributed by atoms with Gasteiger partial charge in [-0.15, -0.1) is 0 Å². The fourth-order valence-electron chi connectivity index (χ4n) is 3.69. The van der Waals surface area contributed by atoms with Gasteiger partial charge in [0.05, 0.1) is 18.3 Å². The van der Waals surface area contributed by atoms with E-state index >= 15 is 0 Å². The smallest absolute Gasteiger partial charge is 0.333 e. The average molecular weight is 452 g/mol. The molecule has 2 aromatic heterocycles. The molecule has 4 rings (SSSR count). The van der Waals surface area contributed by atoms with Gasteiger partial charge >= 0.3 is 10.3 Å². The normalized spacial score (nSPS) is 21.5. The summed E-state index contributed by atoms with van der Waals surface area (Å²) in [6.45, 7) is -1.17. The molecule has 11 nitrogen and oxygen atoms in total. The van der Waals surface area contributed by atoms with Gasteiger partial charge in [-0.25, -0.2) is 24.5 Å². The number of aromatic amines is 1. The maximum Gasteiger partial charge on any atom is 0.333 e. The van der Waals surface area contributed by atoms with Crippen molar-refractivity contribution < 1.29 is 26.8 Å². The Labute approximate surface area is 177 Å². The van der Waals surface area contributed by atoms with E-state index in [4.69, 9.17) is 9.88 Å². The summed E-state index contributed by atoms with van der Waals surface area (Å²) < 4.78 is 44.3. The number of fused-ring (bicyclic) bond motifs is 1. The Hall–Kier alpha value is -2.87. The van der Waals surface area contributed by atoms with E-state index in [1.165, 1.54) is 6.33 Å². The lowest BCUT2D eigenvalue weighted by Crippen LogP contribution is -2.24. The summed E-state index contributed by atoms with van der Waals surface area (Å²) >= 11 is 0. The van der Waals surface area contributed by atoms with Crippen molar-refractivity contribution in [2.75, 3.05) is 18.8 Å². The first-order valence-electron chi connectivity index (χ1n) is 9.44. The number of aliphatic hydroxyl groups excluding tert-OH is 1. The van der Waals surface area contributed by atoms with Gasteiger partial charge in [0, 0.05) is 12.0 Å². The van der Waals surface area contributed by atoms with E-state index < -0.39 is 29.2 Å². The molecular formula is C18H21FN6O5S. The summed E-state index contributed by atoms with van der Waals surface area (Å²) in [6.07, 6.45) is 1.43. The van der Waals surface area contributed by atoms with Crippen molar-refractivity contribution in [1.82, 2.24) is 19.9 Å². The minimum Gasteiger partial charge on any atom is -0.462 e. The Morgan fingerprint density at radius 3 is 2.87 bits per heavy atom. The summed E-state index contributed by atoms with van der Waals surface area (Å²) in [5.74, 6) is 0.852. The van der Waals surface area contributed by atoms with Gasteiger partial charge in [0.2, 0.25) is 6.86 Å². The molecule has 0 amide bonds. The second-order valence-electron chi connectivity index (χ2n) is 7.17. The van der Waals surface area contributed by atoms with Gasteiger partial charge in [-0.2, -0.15) is 8.42 Å². The lowest BCUT2D eigenvalue weighted by Gasteiger charge is -2.14. The molecule has 166 valence electrons. The quantitative estimate of drug-likeness (QED) is 0.391. The largest absolute Gasteiger partial charge is 0.462 e. The van der Waals surface area contributed by atoms with Crippen LogP contribution >= 0.6 is 0 Å². The first kappa shape index (κ1) is 21.4. The summed E-state index contributed by atoms with van der Waals surface area (Å²) in [7, 11) is -4.07. The fraction of sp³-hybridized carbons (Fsp3) is 0.389. The highest BCUT2D eigenvalue weighted by molar-refractivity contribution is 7.84. The lowest BCUT2D eigenvalue weighted by atomic mass is 10.1. The van der Waals surface area contributed by atoms with Gasteiger partial charge in [0.15, 0.2) is 11.5 Å².